The summed E-state index contributed by atoms with van der Waals surface area (Å²) in [5.41, 5.74) is 9.74. The molecule has 0 atom stereocenters. The Balaban J connectivity index is 1.82. The third kappa shape index (κ3) is 3.10. The van der Waals surface area contributed by atoms with Crippen LogP contribution in [0.5, 0.6) is 0 Å². The molecule has 1 aliphatic rings. The maximum atomic E-state index is 5.06. The van der Waals surface area contributed by atoms with E-state index >= 15 is 0 Å². The van der Waals surface area contributed by atoms with Crippen LogP contribution < -0.4 is 10.2 Å². The van der Waals surface area contributed by atoms with Crippen molar-refractivity contribution in [2.24, 2.45) is 0 Å². The molecule has 4 nitrogen and oxygen atoms in total. The van der Waals surface area contributed by atoms with Gasteiger partial charge in [-0.15, -0.1) is 0 Å². The maximum Gasteiger partial charge on any atom is 0.203 e. The summed E-state index contributed by atoms with van der Waals surface area (Å²) in [6, 6.07) is 21.4. The van der Waals surface area contributed by atoms with Gasteiger partial charge in [-0.25, -0.2) is 4.98 Å². The number of aryl methyl sites for hydroxylation is 1. The largest absolute Gasteiger partial charge is 0.340 e. The Morgan fingerprint density at radius 1 is 0.759 bits per heavy atom. The Kier molecular flexibility index (Phi) is 4.57. The molecule has 146 valence electrons. The standard InChI is InChI=1S/C25H26N4/c1-17-18(2)23-24(28-25(27-23)29-15-13-26-14-16-29)22(20-11-7-4-8-12-20)21(17)19-9-5-3-6-10-19/h3-12,26H,13-16H2,1-2H3,(H,27,28). The summed E-state index contributed by atoms with van der Waals surface area (Å²) >= 11 is 0. The number of H-pyrrole nitrogens is 1. The minimum absolute atomic E-state index is 0.976. The lowest BCUT2D eigenvalue weighted by molar-refractivity contribution is 0.582. The fourth-order valence-corrected chi connectivity index (χ4v) is 4.38. The van der Waals surface area contributed by atoms with E-state index in [1.807, 2.05) is 0 Å². The molecule has 0 spiro atoms. The highest BCUT2D eigenvalue weighted by molar-refractivity contribution is 6.04. The van der Waals surface area contributed by atoms with Crippen molar-refractivity contribution in [2.75, 3.05) is 31.1 Å². The Morgan fingerprint density at radius 2 is 1.34 bits per heavy atom. The van der Waals surface area contributed by atoms with Crippen LogP contribution in [0, 0.1) is 13.8 Å². The lowest BCUT2D eigenvalue weighted by Crippen LogP contribution is -2.44. The molecule has 2 heterocycles. The van der Waals surface area contributed by atoms with Crippen molar-refractivity contribution in [3.8, 4) is 22.3 Å². The average molecular weight is 383 g/mol. The van der Waals surface area contributed by atoms with Crippen molar-refractivity contribution >= 4 is 17.0 Å². The van der Waals surface area contributed by atoms with Gasteiger partial charge in [0.05, 0.1) is 11.0 Å². The van der Waals surface area contributed by atoms with Crippen molar-refractivity contribution < 1.29 is 0 Å². The second-order valence-electron chi connectivity index (χ2n) is 7.75. The number of anilines is 1. The summed E-state index contributed by atoms with van der Waals surface area (Å²) in [7, 11) is 0. The van der Waals surface area contributed by atoms with Crippen molar-refractivity contribution in [3.63, 3.8) is 0 Å². The van der Waals surface area contributed by atoms with E-state index in [1.54, 1.807) is 0 Å². The SMILES string of the molecule is Cc1c(-c2ccccc2)c(-c2ccccc2)c2[nH]c(N3CCNCC3)nc2c1C. The normalized spacial score (nSPS) is 14.5. The van der Waals surface area contributed by atoms with Crippen LogP contribution in [-0.4, -0.2) is 36.1 Å². The molecule has 0 aliphatic carbocycles. The highest BCUT2D eigenvalue weighted by atomic mass is 15.3. The predicted octanol–water partition coefficient (Wildman–Crippen LogP) is 4.92. The minimum Gasteiger partial charge on any atom is -0.340 e. The molecule has 0 unspecified atom stereocenters. The summed E-state index contributed by atoms with van der Waals surface area (Å²) in [6.07, 6.45) is 0. The van der Waals surface area contributed by atoms with Crippen LogP contribution in [0.3, 0.4) is 0 Å². The van der Waals surface area contributed by atoms with Crippen LogP contribution >= 0.6 is 0 Å². The van der Waals surface area contributed by atoms with Crippen LogP contribution in [0.25, 0.3) is 33.3 Å². The first-order valence-electron chi connectivity index (χ1n) is 10.3. The summed E-state index contributed by atoms with van der Waals surface area (Å²) < 4.78 is 0. The third-order valence-corrected chi connectivity index (χ3v) is 6.03. The number of nitrogens with one attached hydrogen (secondary N) is 2. The number of hydrogen-bond acceptors (Lipinski definition) is 3. The maximum absolute atomic E-state index is 5.06. The molecule has 0 bridgehead atoms. The van der Waals surface area contributed by atoms with Crippen molar-refractivity contribution in [2.45, 2.75) is 13.8 Å². The fraction of sp³-hybridized carbons (Fsp3) is 0.240. The van der Waals surface area contributed by atoms with E-state index in [9.17, 15) is 0 Å². The second kappa shape index (κ2) is 7.37. The van der Waals surface area contributed by atoms with Gasteiger partial charge in [0.15, 0.2) is 0 Å². The zero-order valence-corrected chi connectivity index (χ0v) is 17.0. The number of benzene rings is 3. The first kappa shape index (κ1) is 18.0. The molecule has 5 rings (SSSR count). The number of fused-ring (bicyclic) bond motifs is 1. The van der Waals surface area contributed by atoms with E-state index in [1.165, 1.54) is 33.4 Å². The molecule has 4 heteroatoms. The number of hydrogen-bond donors (Lipinski definition) is 2. The molecule has 29 heavy (non-hydrogen) atoms. The monoisotopic (exact) mass is 382 g/mol. The van der Waals surface area contributed by atoms with Gasteiger partial charge in [0, 0.05) is 31.7 Å². The van der Waals surface area contributed by atoms with Crippen LogP contribution in [0.1, 0.15) is 11.1 Å². The van der Waals surface area contributed by atoms with Crippen molar-refractivity contribution in [1.29, 1.82) is 0 Å². The van der Waals surface area contributed by atoms with Gasteiger partial charge in [-0.2, -0.15) is 0 Å². The highest BCUT2D eigenvalue weighted by Gasteiger charge is 2.22. The van der Waals surface area contributed by atoms with E-state index in [0.717, 1.165) is 43.2 Å². The lowest BCUT2D eigenvalue weighted by Gasteiger charge is -2.26. The molecule has 1 aliphatic heterocycles. The highest BCUT2D eigenvalue weighted by Crippen LogP contribution is 2.42. The molecule has 0 saturated carbocycles. The Morgan fingerprint density at radius 3 is 1.97 bits per heavy atom. The minimum atomic E-state index is 0.976. The van der Waals surface area contributed by atoms with Gasteiger partial charge in [0.1, 0.15) is 0 Å². The summed E-state index contributed by atoms with van der Waals surface area (Å²) in [4.78, 5) is 11.1. The summed E-state index contributed by atoms with van der Waals surface area (Å²) in [5.74, 6) is 0.978. The average Bonchev–Trinajstić information content (AvgIpc) is 3.23. The number of piperazine rings is 1. The third-order valence-electron chi connectivity index (χ3n) is 6.03. The van der Waals surface area contributed by atoms with Crippen LogP contribution in [-0.2, 0) is 0 Å². The van der Waals surface area contributed by atoms with Crippen LogP contribution in [0.15, 0.2) is 60.7 Å². The molecule has 1 saturated heterocycles. The fourth-order valence-electron chi connectivity index (χ4n) is 4.38. The topological polar surface area (TPSA) is 44.0 Å². The zero-order valence-electron chi connectivity index (χ0n) is 17.0. The smallest absolute Gasteiger partial charge is 0.203 e. The molecular weight excluding hydrogens is 356 g/mol. The van der Waals surface area contributed by atoms with Gasteiger partial charge in [-0.1, -0.05) is 60.7 Å². The Labute approximate surface area is 171 Å². The van der Waals surface area contributed by atoms with Crippen LogP contribution in [0.4, 0.5) is 5.95 Å². The number of imidazole rings is 1. The van der Waals surface area contributed by atoms with Gasteiger partial charge < -0.3 is 15.2 Å². The summed E-state index contributed by atoms with van der Waals surface area (Å²) in [6.45, 7) is 8.36. The predicted molar refractivity (Wildman–Crippen MR) is 122 cm³/mol. The van der Waals surface area contributed by atoms with Gasteiger partial charge in [0.25, 0.3) is 0 Å². The quantitative estimate of drug-likeness (QED) is 0.528. The molecular formula is C25H26N4. The number of nitrogens with zero attached hydrogens (tertiary/aromatic N) is 2. The van der Waals surface area contributed by atoms with Gasteiger partial charge in [0.2, 0.25) is 5.95 Å². The van der Waals surface area contributed by atoms with Gasteiger partial charge in [-0.3, -0.25) is 0 Å². The van der Waals surface area contributed by atoms with Gasteiger partial charge >= 0.3 is 0 Å². The van der Waals surface area contributed by atoms with Crippen molar-refractivity contribution in [1.82, 2.24) is 15.3 Å². The molecule has 0 amide bonds. The molecule has 4 aromatic rings. The van der Waals surface area contributed by atoms with E-state index in [4.69, 9.17) is 4.98 Å². The Hall–Kier alpha value is -3.11. The van der Waals surface area contributed by atoms with E-state index in [0.29, 0.717) is 0 Å². The van der Waals surface area contributed by atoms with E-state index in [-0.39, 0.29) is 0 Å². The summed E-state index contributed by atoms with van der Waals surface area (Å²) in [5, 5.41) is 3.42. The zero-order chi connectivity index (χ0) is 19.8. The molecule has 1 fully saturated rings. The van der Waals surface area contributed by atoms with Crippen molar-refractivity contribution in [3.05, 3.63) is 71.8 Å². The number of rotatable bonds is 3. The first-order chi connectivity index (χ1) is 14.2. The first-order valence-corrected chi connectivity index (χ1v) is 10.3. The molecule has 3 aromatic carbocycles. The Bertz CT molecular complexity index is 1140. The molecule has 2 N–H and O–H groups in total. The number of aromatic amines is 1. The van der Waals surface area contributed by atoms with E-state index in [2.05, 4.69) is 89.7 Å². The second-order valence-corrected chi connectivity index (χ2v) is 7.75. The van der Waals surface area contributed by atoms with E-state index < -0.39 is 0 Å². The molecule has 0 radical (unpaired) electrons. The lowest BCUT2D eigenvalue weighted by atomic mass is 9.87. The van der Waals surface area contributed by atoms with Crippen LogP contribution in [0.2, 0.25) is 0 Å². The number of aromatic nitrogens is 2. The van der Waals surface area contributed by atoms with Gasteiger partial charge in [-0.05, 0) is 41.7 Å². The molecule has 1 aromatic heterocycles.